The Labute approximate surface area is 177 Å². The first kappa shape index (κ1) is 23.2. The maximum atomic E-state index is 12.6. The number of nitrogens with zero attached hydrogens (tertiary/aromatic N) is 1. The summed E-state index contributed by atoms with van der Waals surface area (Å²) in [6.45, 7) is 8.24. The molecule has 0 bridgehead atoms. The van der Waals surface area contributed by atoms with Crippen LogP contribution in [-0.2, 0) is 14.8 Å². The predicted molar refractivity (Wildman–Crippen MR) is 116 cm³/mol. The van der Waals surface area contributed by atoms with Crippen LogP contribution in [0.5, 0.6) is 5.75 Å². The third-order valence-electron chi connectivity index (χ3n) is 4.47. The van der Waals surface area contributed by atoms with Crippen LogP contribution in [0, 0.1) is 0 Å². The smallest absolute Gasteiger partial charge is 0.262 e. The highest BCUT2D eigenvalue weighted by Gasteiger charge is 2.22. The van der Waals surface area contributed by atoms with Gasteiger partial charge >= 0.3 is 0 Å². The van der Waals surface area contributed by atoms with E-state index in [1.165, 1.54) is 28.1 Å². The van der Waals surface area contributed by atoms with Crippen LogP contribution >= 0.6 is 11.6 Å². The van der Waals surface area contributed by atoms with Crippen LogP contribution in [0.4, 0.5) is 5.69 Å². The van der Waals surface area contributed by atoms with Gasteiger partial charge in [0.2, 0.25) is 10.0 Å². The van der Waals surface area contributed by atoms with Crippen molar-refractivity contribution in [1.29, 1.82) is 0 Å². The number of anilines is 1. The lowest BCUT2D eigenvalue weighted by Gasteiger charge is -2.19. The van der Waals surface area contributed by atoms with Gasteiger partial charge in [0, 0.05) is 18.8 Å². The Hall–Kier alpha value is -2.09. The van der Waals surface area contributed by atoms with Gasteiger partial charge in [0.05, 0.1) is 9.92 Å². The van der Waals surface area contributed by atoms with Crippen LogP contribution < -0.4 is 10.1 Å². The quantitative estimate of drug-likeness (QED) is 0.624. The summed E-state index contributed by atoms with van der Waals surface area (Å²) in [6, 6.07) is 11.8. The van der Waals surface area contributed by atoms with Crippen LogP contribution in [0.25, 0.3) is 0 Å². The van der Waals surface area contributed by atoms with Gasteiger partial charge < -0.3 is 10.1 Å². The van der Waals surface area contributed by atoms with Gasteiger partial charge in [-0.05, 0) is 41.8 Å². The van der Waals surface area contributed by atoms with E-state index < -0.39 is 10.0 Å². The lowest BCUT2D eigenvalue weighted by atomic mass is 10.0. The Kier molecular flexibility index (Phi) is 8.07. The molecule has 0 unspecified atom stereocenters. The number of halogens is 1. The van der Waals surface area contributed by atoms with Crippen molar-refractivity contribution in [3.05, 3.63) is 53.1 Å². The van der Waals surface area contributed by atoms with E-state index in [4.69, 9.17) is 16.3 Å². The third-order valence-corrected chi connectivity index (χ3v) is 6.81. The van der Waals surface area contributed by atoms with E-state index in [2.05, 4.69) is 19.2 Å². The van der Waals surface area contributed by atoms with Gasteiger partial charge in [-0.2, -0.15) is 4.31 Å². The summed E-state index contributed by atoms with van der Waals surface area (Å²) in [6.07, 6.45) is 0. The first-order valence-corrected chi connectivity index (χ1v) is 11.3. The number of hydrogen-bond donors (Lipinski definition) is 1. The Morgan fingerprint density at radius 2 is 1.72 bits per heavy atom. The second-order valence-corrected chi connectivity index (χ2v) is 9.14. The van der Waals surface area contributed by atoms with E-state index in [-0.39, 0.29) is 28.2 Å². The van der Waals surface area contributed by atoms with Crippen molar-refractivity contribution in [3.63, 3.8) is 0 Å². The Balaban J connectivity index is 2.01. The second-order valence-electron chi connectivity index (χ2n) is 6.80. The largest absolute Gasteiger partial charge is 0.482 e. The summed E-state index contributed by atoms with van der Waals surface area (Å²) in [5.41, 5.74) is 1.86. The van der Waals surface area contributed by atoms with Crippen LogP contribution in [0.15, 0.2) is 47.4 Å². The van der Waals surface area contributed by atoms with Crippen molar-refractivity contribution in [2.75, 3.05) is 25.0 Å². The summed E-state index contributed by atoms with van der Waals surface area (Å²) in [4.78, 5) is 12.2. The lowest BCUT2D eigenvalue weighted by Crippen LogP contribution is -2.30. The normalized spacial score (nSPS) is 11.7. The molecule has 0 spiro atoms. The highest BCUT2D eigenvalue weighted by atomic mass is 35.5. The first-order valence-electron chi connectivity index (χ1n) is 9.51. The fraction of sp³-hybridized carbons (Fsp3) is 0.381. The molecule has 0 aliphatic carbocycles. The number of carbonyl (C=O) groups is 1. The SMILES string of the molecule is CCN(CC)S(=O)(=O)c1ccc(OCC(=O)Nc2ccc(C(C)C)cc2)c(Cl)c1. The molecular formula is C21H27ClN2O4S. The van der Waals surface area contributed by atoms with Gasteiger partial charge in [0.1, 0.15) is 5.75 Å². The average Bonchev–Trinajstić information content (AvgIpc) is 2.68. The molecule has 29 heavy (non-hydrogen) atoms. The second kappa shape index (κ2) is 10.1. The molecule has 2 aromatic rings. The zero-order valence-corrected chi connectivity index (χ0v) is 18.7. The van der Waals surface area contributed by atoms with E-state index in [1.807, 2.05) is 24.3 Å². The average molecular weight is 439 g/mol. The summed E-state index contributed by atoms with van der Waals surface area (Å²) in [5, 5.41) is 2.89. The number of nitrogens with one attached hydrogen (secondary N) is 1. The molecule has 0 saturated heterocycles. The zero-order valence-electron chi connectivity index (χ0n) is 17.1. The molecule has 0 aromatic heterocycles. The monoisotopic (exact) mass is 438 g/mol. The first-order chi connectivity index (χ1) is 13.7. The van der Waals surface area contributed by atoms with Gasteiger partial charge in [0.15, 0.2) is 6.61 Å². The van der Waals surface area contributed by atoms with Crippen molar-refractivity contribution < 1.29 is 17.9 Å². The van der Waals surface area contributed by atoms with Crippen molar-refractivity contribution in [2.45, 2.75) is 38.5 Å². The topological polar surface area (TPSA) is 75.7 Å². The van der Waals surface area contributed by atoms with E-state index in [9.17, 15) is 13.2 Å². The van der Waals surface area contributed by atoms with Crippen molar-refractivity contribution in [3.8, 4) is 5.75 Å². The minimum Gasteiger partial charge on any atom is -0.482 e. The minimum absolute atomic E-state index is 0.0910. The van der Waals surface area contributed by atoms with Gasteiger partial charge in [0.25, 0.3) is 5.91 Å². The molecule has 0 heterocycles. The van der Waals surface area contributed by atoms with Crippen molar-refractivity contribution in [1.82, 2.24) is 4.31 Å². The van der Waals surface area contributed by atoms with E-state index in [0.29, 0.717) is 24.7 Å². The summed E-state index contributed by atoms with van der Waals surface area (Å²) in [7, 11) is -3.61. The van der Waals surface area contributed by atoms with Crippen LogP contribution in [-0.4, -0.2) is 38.3 Å². The highest BCUT2D eigenvalue weighted by Crippen LogP contribution is 2.28. The number of rotatable bonds is 9. The molecule has 8 heteroatoms. The maximum Gasteiger partial charge on any atom is 0.262 e. The summed E-state index contributed by atoms with van der Waals surface area (Å²) in [5.74, 6) is 0.326. The molecule has 1 N–H and O–H groups in total. The molecular weight excluding hydrogens is 412 g/mol. The van der Waals surface area contributed by atoms with Gasteiger partial charge in [-0.25, -0.2) is 8.42 Å². The number of hydrogen-bond acceptors (Lipinski definition) is 4. The van der Waals surface area contributed by atoms with Gasteiger partial charge in [-0.3, -0.25) is 4.79 Å². The van der Waals surface area contributed by atoms with Crippen molar-refractivity contribution in [2.24, 2.45) is 0 Å². The van der Waals surface area contributed by atoms with Crippen LogP contribution in [0.3, 0.4) is 0 Å². The highest BCUT2D eigenvalue weighted by molar-refractivity contribution is 7.89. The number of sulfonamides is 1. The molecule has 0 aliphatic rings. The maximum absolute atomic E-state index is 12.6. The fourth-order valence-corrected chi connectivity index (χ4v) is 4.55. The summed E-state index contributed by atoms with van der Waals surface area (Å²) < 4.78 is 31.9. The molecule has 1 amide bonds. The molecule has 6 nitrogen and oxygen atoms in total. The van der Waals surface area contributed by atoms with Crippen LogP contribution in [0.1, 0.15) is 39.2 Å². The molecule has 0 saturated carbocycles. The van der Waals surface area contributed by atoms with E-state index in [1.54, 1.807) is 13.8 Å². The molecule has 0 radical (unpaired) electrons. The summed E-state index contributed by atoms with van der Waals surface area (Å²) >= 11 is 6.18. The zero-order chi connectivity index (χ0) is 21.6. The van der Waals surface area contributed by atoms with E-state index in [0.717, 1.165) is 0 Å². The molecule has 0 aliphatic heterocycles. The number of benzene rings is 2. The lowest BCUT2D eigenvalue weighted by molar-refractivity contribution is -0.118. The van der Waals surface area contributed by atoms with Crippen LogP contribution in [0.2, 0.25) is 5.02 Å². The number of carbonyl (C=O) groups excluding carboxylic acids is 1. The Bertz CT molecular complexity index is 940. The van der Waals surface area contributed by atoms with Crippen molar-refractivity contribution >= 4 is 33.2 Å². The van der Waals surface area contributed by atoms with Gasteiger partial charge in [-0.1, -0.05) is 51.4 Å². The minimum atomic E-state index is -3.61. The molecule has 158 valence electrons. The Morgan fingerprint density at radius 1 is 1.10 bits per heavy atom. The van der Waals surface area contributed by atoms with E-state index >= 15 is 0 Å². The Morgan fingerprint density at radius 3 is 2.24 bits per heavy atom. The fourth-order valence-electron chi connectivity index (χ4n) is 2.76. The molecule has 0 atom stereocenters. The van der Waals surface area contributed by atoms with Gasteiger partial charge in [-0.15, -0.1) is 0 Å². The predicted octanol–water partition coefficient (Wildman–Crippen LogP) is 4.51. The third kappa shape index (κ3) is 5.95. The number of ether oxygens (including phenoxy) is 1. The molecule has 2 rings (SSSR count). The molecule has 0 fully saturated rings. The number of amides is 1. The standard InChI is InChI=1S/C21H27ClN2O4S/c1-5-24(6-2)29(26,27)18-11-12-20(19(22)13-18)28-14-21(25)23-17-9-7-16(8-10-17)15(3)4/h7-13,15H,5-6,14H2,1-4H3,(H,23,25). The molecule has 2 aromatic carbocycles.